The van der Waals surface area contributed by atoms with Gasteiger partial charge in [0.2, 0.25) is 0 Å². The molecule has 1 aliphatic rings. The average Bonchev–Trinajstić information content (AvgIpc) is 2.96. The summed E-state index contributed by atoms with van der Waals surface area (Å²) in [4.78, 5) is 23.3. The van der Waals surface area contributed by atoms with Crippen LogP contribution in [-0.2, 0) is 4.79 Å². The second-order valence-corrected chi connectivity index (χ2v) is 6.64. The molecule has 4 heteroatoms. The Morgan fingerprint density at radius 1 is 1.24 bits per heavy atom. The van der Waals surface area contributed by atoms with Gasteiger partial charge in [0, 0.05) is 17.3 Å². The Kier molecular flexibility index (Phi) is 5.97. The standard InChI is InChI=1S/C17H21BrO3/c1-12(19)6-8-16(20)15-10-14(18)7-9-17(15)21-11-13-4-2-3-5-13/h7,9-10,13H,2-6,8,11H2,1H3. The van der Waals surface area contributed by atoms with E-state index in [4.69, 9.17) is 4.74 Å². The number of hydrogen-bond acceptors (Lipinski definition) is 3. The highest BCUT2D eigenvalue weighted by molar-refractivity contribution is 9.10. The summed E-state index contributed by atoms with van der Waals surface area (Å²) in [5.74, 6) is 1.24. The van der Waals surface area contributed by atoms with E-state index in [2.05, 4.69) is 15.9 Å². The minimum Gasteiger partial charge on any atom is -0.493 e. The van der Waals surface area contributed by atoms with E-state index < -0.39 is 0 Å². The quantitative estimate of drug-likeness (QED) is 0.675. The van der Waals surface area contributed by atoms with Crippen LogP contribution in [0.1, 0.15) is 55.8 Å². The molecule has 1 aliphatic carbocycles. The summed E-state index contributed by atoms with van der Waals surface area (Å²) < 4.78 is 6.73. The first-order valence-electron chi connectivity index (χ1n) is 7.51. The van der Waals surface area contributed by atoms with Crippen molar-refractivity contribution in [1.29, 1.82) is 0 Å². The highest BCUT2D eigenvalue weighted by atomic mass is 79.9. The fourth-order valence-corrected chi connectivity index (χ4v) is 3.02. The summed E-state index contributed by atoms with van der Waals surface area (Å²) in [7, 11) is 0. The first kappa shape index (κ1) is 16.2. The highest BCUT2D eigenvalue weighted by Crippen LogP contribution is 2.29. The van der Waals surface area contributed by atoms with Crippen LogP contribution in [0.3, 0.4) is 0 Å². The molecule has 0 saturated heterocycles. The zero-order valence-electron chi connectivity index (χ0n) is 12.4. The lowest BCUT2D eigenvalue weighted by atomic mass is 10.0. The third-order valence-electron chi connectivity index (χ3n) is 3.90. The van der Waals surface area contributed by atoms with Gasteiger partial charge in [-0.05, 0) is 43.9 Å². The van der Waals surface area contributed by atoms with Crippen molar-refractivity contribution in [2.45, 2.75) is 45.4 Å². The van der Waals surface area contributed by atoms with Crippen LogP contribution in [0.4, 0.5) is 0 Å². The smallest absolute Gasteiger partial charge is 0.167 e. The lowest BCUT2D eigenvalue weighted by molar-refractivity contribution is -0.116. The average molecular weight is 353 g/mol. The first-order valence-corrected chi connectivity index (χ1v) is 8.30. The molecule has 0 heterocycles. The minimum absolute atomic E-state index is 0.0340. The number of carbonyl (C=O) groups excluding carboxylic acids is 2. The molecule has 3 nitrogen and oxygen atoms in total. The molecule has 114 valence electrons. The van der Waals surface area contributed by atoms with Crippen LogP contribution in [0, 0.1) is 5.92 Å². The number of Topliss-reactive ketones (excluding diaryl/α,β-unsaturated/α-hetero) is 2. The predicted molar refractivity (Wildman–Crippen MR) is 85.8 cm³/mol. The number of ether oxygens (including phenoxy) is 1. The molecule has 0 bridgehead atoms. The third-order valence-corrected chi connectivity index (χ3v) is 4.39. The number of halogens is 1. The molecule has 1 saturated carbocycles. The van der Waals surface area contributed by atoms with E-state index in [1.165, 1.54) is 32.6 Å². The fraction of sp³-hybridized carbons (Fsp3) is 0.529. The second-order valence-electron chi connectivity index (χ2n) is 5.73. The normalized spacial score (nSPS) is 15.1. The molecule has 0 amide bonds. The van der Waals surface area contributed by atoms with Crippen LogP contribution in [-0.4, -0.2) is 18.2 Å². The third kappa shape index (κ3) is 4.95. The van der Waals surface area contributed by atoms with Gasteiger partial charge >= 0.3 is 0 Å². The topological polar surface area (TPSA) is 43.4 Å². The summed E-state index contributed by atoms with van der Waals surface area (Å²) in [6.45, 7) is 2.18. The first-order chi connectivity index (χ1) is 10.1. The van der Waals surface area contributed by atoms with E-state index in [1.807, 2.05) is 12.1 Å². The molecular weight excluding hydrogens is 332 g/mol. The Bertz CT molecular complexity index is 519. The number of hydrogen-bond donors (Lipinski definition) is 0. The van der Waals surface area contributed by atoms with E-state index in [-0.39, 0.29) is 24.4 Å². The number of benzene rings is 1. The second kappa shape index (κ2) is 7.74. The molecular formula is C17H21BrO3. The molecule has 0 aromatic heterocycles. The van der Waals surface area contributed by atoms with Gasteiger partial charge < -0.3 is 9.53 Å². The van der Waals surface area contributed by atoms with Gasteiger partial charge in [0.1, 0.15) is 11.5 Å². The molecule has 0 unspecified atom stereocenters. The maximum Gasteiger partial charge on any atom is 0.167 e. The summed E-state index contributed by atoms with van der Waals surface area (Å²) in [6, 6.07) is 5.50. The summed E-state index contributed by atoms with van der Waals surface area (Å²) in [5.41, 5.74) is 0.573. The van der Waals surface area contributed by atoms with Crippen LogP contribution in [0.2, 0.25) is 0 Å². The van der Waals surface area contributed by atoms with Gasteiger partial charge in [-0.15, -0.1) is 0 Å². The van der Waals surface area contributed by atoms with E-state index in [9.17, 15) is 9.59 Å². The number of carbonyl (C=O) groups is 2. The molecule has 0 atom stereocenters. The van der Waals surface area contributed by atoms with Crippen LogP contribution >= 0.6 is 15.9 Å². The Morgan fingerprint density at radius 2 is 1.95 bits per heavy atom. The lowest BCUT2D eigenvalue weighted by Crippen LogP contribution is -2.11. The molecule has 0 radical (unpaired) electrons. The monoisotopic (exact) mass is 352 g/mol. The van der Waals surface area contributed by atoms with E-state index >= 15 is 0 Å². The maximum absolute atomic E-state index is 12.3. The molecule has 1 fully saturated rings. The Morgan fingerprint density at radius 3 is 2.62 bits per heavy atom. The SMILES string of the molecule is CC(=O)CCC(=O)c1cc(Br)ccc1OCC1CCCC1. The van der Waals surface area contributed by atoms with Crippen LogP contribution in [0.25, 0.3) is 0 Å². The van der Waals surface area contributed by atoms with Gasteiger partial charge in [-0.3, -0.25) is 4.79 Å². The summed E-state index contributed by atoms with van der Waals surface area (Å²) >= 11 is 3.39. The summed E-state index contributed by atoms with van der Waals surface area (Å²) in [5, 5.41) is 0. The largest absolute Gasteiger partial charge is 0.493 e. The molecule has 2 rings (SSSR count). The van der Waals surface area contributed by atoms with Crippen molar-refractivity contribution >= 4 is 27.5 Å². The number of rotatable bonds is 7. The predicted octanol–water partition coefficient (Wildman–Crippen LogP) is 4.57. The van der Waals surface area contributed by atoms with Crippen LogP contribution in [0.15, 0.2) is 22.7 Å². The lowest BCUT2D eigenvalue weighted by Gasteiger charge is -2.14. The van der Waals surface area contributed by atoms with Crippen molar-refractivity contribution in [3.63, 3.8) is 0 Å². The Labute approximate surface area is 134 Å². The Balaban J connectivity index is 2.05. The van der Waals surface area contributed by atoms with Crippen molar-refractivity contribution in [3.05, 3.63) is 28.2 Å². The van der Waals surface area contributed by atoms with Crippen molar-refractivity contribution in [2.75, 3.05) is 6.61 Å². The van der Waals surface area contributed by atoms with Crippen molar-refractivity contribution < 1.29 is 14.3 Å². The highest BCUT2D eigenvalue weighted by Gasteiger charge is 2.18. The van der Waals surface area contributed by atoms with Crippen molar-refractivity contribution in [2.24, 2.45) is 5.92 Å². The van der Waals surface area contributed by atoms with Gasteiger partial charge in [-0.25, -0.2) is 0 Å². The van der Waals surface area contributed by atoms with Crippen molar-refractivity contribution in [3.8, 4) is 5.75 Å². The van der Waals surface area contributed by atoms with Gasteiger partial charge in [-0.1, -0.05) is 28.8 Å². The van der Waals surface area contributed by atoms with Crippen molar-refractivity contribution in [1.82, 2.24) is 0 Å². The zero-order chi connectivity index (χ0) is 15.2. The molecule has 1 aromatic carbocycles. The van der Waals surface area contributed by atoms with Gasteiger partial charge in [-0.2, -0.15) is 0 Å². The summed E-state index contributed by atoms with van der Waals surface area (Å²) in [6.07, 6.45) is 5.50. The molecule has 0 spiro atoms. The van der Waals surface area contributed by atoms with Gasteiger partial charge in [0.05, 0.1) is 12.2 Å². The molecule has 21 heavy (non-hydrogen) atoms. The van der Waals surface area contributed by atoms with Crippen LogP contribution in [0.5, 0.6) is 5.75 Å². The van der Waals surface area contributed by atoms with E-state index in [0.717, 1.165) is 4.47 Å². The van der Waals surface area contributed by atoms with Crippen LogP contribution < -0.4 is 4.74 Å². The Hall–Kier alpha value is -1.16. The molecule has 0 aliphatic heterocycles. The van der Waals surface area contributed by atoms with Gasteiger partial charge in [0.25, 0.3) is 0 Å². The minimum atomic E-state index is -0.0343. The zero-order valence-corrected chi connectivity index (χ0v) is 13.9. The van der Waals surface area contributed by atoms with E-state index in [0.29, 0.717) is 23.8 Å². The van der Waals surface area contributed by atoms with Gasteiger partial charge in [0.15, 0.2) is 5.78 Å². The fourth-order valence-electron chi connectivity index (χ4n) is 2.65. The van der Waals surface area contributed by atoms with E-state index in [1.54, 1.807) is 6.07 Å². The molecule has 1 aromatic rings. The molecule has 0 N–H and O–H groups in total. The maximum atomic E-state index is 12.3. The number of ketones is 2.